The Morgan fingerprint density at radius 2 is 1.95 bits per heavy atom. The van der Waals surface area contributed by atoms with E-state index in [0.717, 1.165) is 23.3 Å². The molecule has 0 fully saturated rings. The minimum Gasteiger partial charge on any atom is -0.494 e. The molecule has 2 aromatic carbocycles. The zero-order chi connectivity index (χ0) is 27.8. The lowest BCUT2D eigenvalue weighted by Gasteiger charge is -2.23. The molecule has 4 aromatic rings. The van der Waals surface area contributed by atoms with Crippen molar-refractivity contribution in [3.05, 3.63) is 85.7 Å². The van der Waals surface area contributed by atoms with Crippen molar-refractivity contribution in [3.8, 4) is 5.75 Å². The van der Waals surface area contributed by atoms with Crippen molar-refractivity contribution in [2.75, 3.05) is 18.1 Å². The third kappa shape index (κ3) is 4.94. The average Bonchev–Trinajstić information content (AvgIpc) is 3.42. The van der Waals surface area contributed by atoms with Crippen LogP contribution in [0.1, 0.15) is 75.8 Å². The van der Waals surface area contributed by atoms with E-state index in [4.69, 9.17) is 13.9 Å². The normalized spacial score (nSPS) is 14.8. The predicted molar refractivity (Wildman–Crippen MR) is 150 cm³/mol. The molecule has 1 atom stereocenters. The Kier molecular flexibility index (Phi) is 7.27. The molecule has 2 aromatic heterocycles. The molecule has 1 amide bonds. The highest BCUT2D eigenvalue weighted by molar-refractivity contribution is 7.17. The van der Waals surface area contributed by atoms with E-state index >= 15 is 0 Å². The van der Waals surface area contributed by atoms with E-state index in [1.807, 2.05) is 37.3 Å². The van der Waals surface area contributed by atoms with Gasteiger partial charge in [-0.2, -0.15) is 0 Å². The van der Waals surface area contributed by atoms with E-state index in [1.165, 1.54) is 4.90 Å². The molecule has 8 nitrogen and oxygen atoms in total. The van der Waals surface area contributed by atoms with Gasteiger partial charge in [0.05, 0.1) is 35.9 Å². The van der Waals surface area contributed by atoms with Gasteiger partial charge in [0.25, 0.3) is 5.91 Å². The summed E-state index contributed by atoms with van der Waals surface area (Å²) in [7, 11) is 0. The summed E-state index contributed by atoms with van der Waals surface area (Å²) in [5.41, 5.74) is 2.33. The molecular weight excluding hydrogens is 516 g/mol. The van der Waals surface area contributed by atoms with Gasteiger partial charge in [0.1, 0.15) is 16.2 Å². The van der Waals surface area contributed by atoms with Gasteiger partial charge in [0, 0.05) is 0 Å². The van der Waals surface area contributed by atoms with Crippen molar-refractivity contribution in [1.29, 1.82) is 0 Å². The standard InChI is InChI=1S/C30H30N2O6S/c1-6-36-29(35)27-18(5)31-30(39-27)32-24(19-8-7-9-20(15-19)37-13-12-16(2)3)23-25(33)21-14-17(4)10-11-22(21)38-26(23)28(32)34/h7-11,14-16,24H,6,12-13H2,1-5H3. The van der Waals surface area contributed by atoms with Crippen LogP contribution in [0.5, 0.6) is 5.75 Å². The Hall–Kier alpha value is -3.98. The molecule has 0 saturated heterocycles. The molecular formula is C30H30N2O6S. The maximum Gasteiger partial charge on any atom is 0.350 e. The molecule has 0 aliphatic carbocycles. The fourth-order valence-electron chi connectivity index (χ4n) is 4.66. The third-order valence-corrected chi connectivity index (χ3v) is 7.75. The van der Waals surface area contributed by atoms with E-state index in [-0.39, 0.29) is 28.5 Å². The van der Waals surface area contributed by atoms with Crippen LogP contribution < -0.4 is 15.1 Å². The highest BCUT2D eigenvalue weighted by Gasteiger charge is 2.45. The Balaban J connectivity index is 1.68. The zero-order valence-electron chi connectivity index (χ0n) is 22.6. The summed E-state index contributed by atoms with van der Waals surface area (Å²) in [5.74, 6) is 0.0990. The van der Waals surface area contributed by atoms with Crippen molar-refractivity contribution in [1.82, 2.24) is 4.98 Å². The van der Waals surface area contributed by atoms with E-state index in [0.29, 0.717) is 45.4 Å². The molecule has 1 aliphatic heterocycles. The largest absolute Gasteiger partial charge is 0.494 e. The van der Waals surface area contributed by atoms with Crippen LogP contribution in [0.3, 0.4) is 0 Å². The molecule has 0 radical (unpaired) electrons. The van der Waals surface area contributed by atoms with Gasteiger partial charge in [0.15, 0.2) is 10.6 Å². The summed E-state index contributed by atoms with van der Waals surface area (Å²) < 4.78 is 17.2. The predicted octanol–water partition coefficient (Wildman–Crippen LogP) is 6.22. The van der Waals surface area contributed by atoms with Crippen molar-refractivity contribution >= 4 is 39.3 Å². The smallest absolute Gasteiger partial charge is 0.350 e. The Morgan fingerprint density at radius 3 is 2.69 bits per heavy atom. The first kappa shape index (κ1) is 26.6. The van der Waals surface area contributed by atoms with Gasteiger partial charge in [-0.3, -0.25) is 14.5 Å². The number of nitrogens with zero attached hydrogens (tertiary/aromatic N) is 2. The van der Waals surface area contributed by atoms with Crippen molar-refractivity contribution in [2.45, 2.75) is 47.1 Å². The highest BCUT2D eigenvalue weighted by atomic mass is 32.1. The van der Waals surface area contributed by atoms with Crippen molar-refractivity contribution < 1.29 is 23.5 Å². The van der Waals surface area contributed by atoms with Gasteiger partial charge in [0.2, 0.25) is 5.76 Å². The molecule has 9 heteroatoms. The number of carbonyl (C=O) groups excluding carboxylic acids is 2. The SMILES string of the molecule is CCOC(=O)c1sc(N2C(=O)c3oc4ccc(C)cc4c(=O)c3C2c2cccc(OCCC(C)C)c2)nc1C. The molecule has 0 N–H and O–H groups in total. The molecule has 202 valence electrons. The summed E-state index contributed by atoms with van der Waals surface area (Å²) >= 11 is 1.06. The summed E-state index contributed by atoms with van der Waals surface area (Å²) in [6, 6.07) is 11.9. The van der Waals surface area contributed by atoms with Gasteiger partial charge in [-0.25, -0.2) is 9.78 Å². The summed E-state index contributed by atoms with van der Waals surface area (Å²) in [5, 5.41) is 0.683. The molecule has 0 saturated carbocycles. The number of fused-ring (bicyclic) bond motifs is 2. The van der Waals surface area contributed by atoms with Gasteiger partial charge in [-0.15, -0.1) is 0 Å². The molecule has 0 spiro atoms. The summed E-state index contributed by atoms with van der Waals surface area (Å²) in [6.45, 7) is 10.3. The van der Waals surface area contributed by atoms with Crippen LogP contribution in [0.4, 0.5) is 5.13 Å². The van der Waals surface area contributed by atoms with Crippen molar-refractivity contribution in [3.63, 3.8) is 0 Å². The number of ether oxygens (including phenoxy) is 2. The lowest BCUT2D eigenvalue weighted by atomic mass is 9.98. The number of aryl methyl sites for hydroxylation is 2. The zero-order valence-corrected chi connectivity index (χ0v) is 23.4. The van der Waals surface area contributed by atoms with Gasteiger partial charge < -0.3 is 13.9 Å². The maximum absolute atomic E-state index is 13.9. The van der Waals surface area contributed by atoms with Gasteiger partial charge in [-0.05, 0) is 62.9 Å². The summed E-state index contributed by atoms with van der Waals surface area (Å²) in [4.78, 5) is 46.7. The second-order valence-corrected chi connectivity index (χ2v) is 11.0. The van der Waals surface area contributed by atoms with Crippen molar-refractivity contribution in [2.24, 2.45) is 5.92 Å². The lowest BCUT2D eigenvalue weighted by molar-refractivity contribution is 0.0531. The van der Waals surface area contributed by atoms with E-state index in [9.17, 15) is 14.4 Å². The molecule has 1 unspecified atom stereocenters. The first-order valence-corrected chi connectivity index (χ1v) is 13.8. The Bertz CT molecular complexity index is 1640. The van der Waals surface area contributed by atoms with Crippen LogP contribution in [-0.2, 0) is 4.74 Å². The second-order valence-electron chi connectivity index (χ2n) is 9.99. The number of rotatable bonds is 8. The minimum absolute atomic E-state index is 0.0296. The molecule has 5 rings (SSSR count). The third-order valence-electron chi connectivity index (χ3n) is 6.62. The van der Waals surface area contributed by atoms with Crippen LogP contribution in [0, 0.1) is 19.8 Å². The Morgan fingerprint density at radius 1 is 1.15 bits per heavy atom. The van der Waals surface area contributed by atoms with Gasteiger partial charge in [-0.1, -0.05) is 48.9 Å². The van der Waals surface area contributed by atoms with Gasteiger partial charge >= 0.3 is 5.97 Å². The quantitative estimate of drug-likeness (QED) is 0.242. The van der Waals surface area contributed by atoms with E-state index in [2.05, 4.69) is 18.8 Å². The lowest BCUT2D eigenvalue weighted by Crippen LogP contribution is -2.29. The number of hydrogen-bond acceptors (Lipinski definition) is 8. The average molecular weight is 547 g/mol. The first-order valence-electron chi connectivity index (χ1n) is 13.0. The van der Waals surface area contributed by atoms with Crippen LogP contribution in [-0.4, -0.2) is 30.1 Å². The number of amides is 1. The second kappa shape index (κ2) is 10.6. The molecule has 39 heavy (non-hydrogen) atoms. The molecule has 1 aliphatic rings. The van der Waals surface area contributed by atoms with Crippen LogP contribution in [0.2, 0.25) is 0 Å². The molecule has 0 bridgehead atoms. The van der Waals surface area contributed by atoms with E-state index < -0.39 is 17.9 Å². The highest BCUT2D eigenvalue weighted by Crippen LogP contribution is 2.43. The first-order chi connectivity index (χ1) is 18.7. The van der Waals surface area contributed by atoms with E-state index in [1.54, 1.807) is 26.0 Å². The number of benzene rings is 2. The maximum atomic E-state index is 13.9. The minimum atomic E-state index is -0.817. The van der Waals surface area contributed by atoms with Crippen LogP contribution in [0.25, 0.3) is 11.0 Å². The van der Waals surface area contributed by atoms with Crippen LogP contribution >= 0.6 is 11.3 Å². The topological polar surface area (TPSA) is 98.9 Å². The fraction of sp³-hybridized carbons (Fsp3) is 0.333. The number of hydrogen-bond donors (Lipinski definition) is 0. The molecule has 3 heterocycles. The summed E-state index contributed by atoms with van der Waals surface area (Å²) in [6.07, 6.45) is 0.894. The number of anilines is 1. The number of aromatic nitrogens is 1. The number of esters is 1. The van der Waals surface area contributed by atoms with Crippen LogP contribution in [0.15, 0.2) is 51.7 Å². The number of carbonyl (C=O) groups is 2. The fourth-order valence-corrected chi connectivity index (χ4v) is 5.64. The Labute approximate surface area is 230 Å². The number of thiazole rings is 1. The monoisotopic (exact) mass is 546 g/mol.